The zero-order valence-electron chi connectivity index (χ0n) is 13.0. The Hall–Kier alpha value is -2.41. The van der Waals surface area contributed by atoms with Gasteiger partial charge in [-0.2, -0.15) is 0 Å². The van der Waals surface area contributed by atoms with E-state index in [0.29, 0.717) is 18.2 Å². The number of aromatic nitrogens is 4. The molecule has 2 aromatic rings. The van der Waals surface area contributed by atoms with Gasteiger partial charge in [0.2, 0.25) is 5.91 Å². The Morgan fingerprint density at radius 1 is 1.35 bits per heavy atom. The third kappa shape index (κ3) is 4.29. The summed E-state index contributed by atoms with van der Waals surface area (Å²) in [5, 5.41) is 11.6. The fourth-order valence-corrected chi connectivity index (χ4v) is 2.80. The lowest BCUT2D eigenvalue weighted by Gasteiger charge is -2.12. The molecule has 0 unspecified atom stereocenters. The van der Waals surface area contributed by atoms with Crippen LogP contribution < -0.4 is 5.32 Å². The molecule has 1 atom stereocenters. The lowest BCUT2D eigenvalue weighted by Crippen LogP contribution is -2.31. The first kappa shape index (κ1) is 17.0. The number of hydrogen-bond donors (Lipinski definition) is 1. The molecule has 1 N–H and O–H groups in total. The quantitative estimate of drug-likeness (QED) is 0.594. The van der Waals surface area contributed by atoms with Gasteiger partial charge in [-0.3, -0.25) is 14.3 Å². The number of rotatable bonds is 8. The summed E-state index contributed by atoms with van der Waals surface area (Å²) in [6.45, 7) is 10.2. The largest absolute Gasteiger partial charge is 0.352 e. The second-order valence-corrected chi connectivity index (χ2v) is 6.04. The number of nitrogens with zero attached hydrogens (tertiary/aromatic N) is 4. The fraction of sp³-hybridized carbons (Fsp3) is 0.250. The molecule has 2 heterocycles. The summed E-state index contributed by atoms with van der Waals surface area (Å²) in [6.07, 6.45) is 6.85. The van der Waals surface area contributed by atoms with E-state index in [4.69, 9.17) is 0 Å². The van der Waals surface area contributed by atoms with E-state index >= 15 is 0 Å². The molecule has 0 aromatic carbocycles. The Labute approximate surface area is 139 Å². The van der Waals surface area contributed by atoms with Gasteiger partial charge >= 0.3 is 0 Å². The van der Waals surface area contributed by atoms with E-state index in [-0.39, 0.29) is 11.2 Å². The van der Waals surface area contributed by atoms with Crippen molar-refractivity contribution in [2.75, 3.05) is 6.54 Å². The average molecular weight is 329 g/mol. The highest BCUT2D eigenvalue weighted by Crippen LogP contribution is 2.26. The van der Waals surface area contributed by atoms with Gasteiger partial charge < -0.3 is 5.32 Å². The van der Waals surface area contributed by atoms with Gasteiger partial charge in [0.15, 0.2) is 11.0 Å². The van der Waals surface area contributed by atoms with Gasteiger partial charge in [-0.15, -0.1) is 23.4 Å². The highest BCUT2D eigenvalue weighted by atomic mass is 32.2. The Morgan fingerprint density at radius 3 is 2.74 bits per heavy atom. The van der Waals surface area contributed by atoms with Crippen molar-refractivity contribution in [2.24, 2.45) is 0 Å². The zero-order valence-corrected chi connectivity index (χ0v) is 13.8. The lowest BCUT2D eigenvalue weighted by molar-refractivity contribution is -0.120. The third-order valence-electron chi connectivity index (χ3n) is 3.04. The predicted octanol–water partition coefficient (Wildman–Crippen LogP) is 2.31. The molecule has 0 spiro atoms. The highest BCUT2D eigenvalue weighted by Gasteiger charge is 2.19. The Balaban J connectivity index is 2.22. The van der Waals surface area contributed by atoms with Crippen molar-refractivity contribution in [3.8, 4) is 11.4 Å². The summed E-state index contributed by atoms with van der Waals surface area (Å²) in [5.41, 5.74) is 0.921. The topological polar surface area (TPSA) is 72.7 Å². The monoisotopic (exact) mass is 329 g/mol. The van der Waals surface area contributed by atoms with E-state index in [2.05, 4.69) is 33.7 Å². The van der Waals surface area contributed by atoms with Crippen LogP contribution >= 0.6 is 11.8 Å². The molecule has 0 bridgehead atoms. The molecule has 6 nitrogen and oxygen atoms in total. The first-order chi connectivity index (χ1) is 11.2. The van der Waals surface area contributed by atoms with Crippen molar-refractivity contribution in [3.63, 3.8) is 0 Å². The summed E-state index contributed by atoms with van der Waals surface area (Å²) in [4.78, 5) is 16.0. The fourth-order valence-electron chi connectivity index (χ4n) is 1.91. The standard InChI is InChI=1S/C16H19N5OS/c1-4-8-18-15(22)12(3)23-16-20-19-14(21(16)11-5-2)13-6-9-17-10-7-13/h4-7,9-10,12H,1-2,8,11H2,3H3,(H,18,22)/t12-/m0/s1. The Morgan fingerprint density at radius 2 is 2.09 bits per heavy atom. The summed E-state index contributed by atoms with van der Waals surface area (Å²) in [5.74, 6) is 0.669. The predicted molar refractivity (Wildman–Crippen MR) is 92.0 cm³/mol. The van der Waals surface area contributed by atoms with Crippen molar-refractivity contribution in [2.45, 2.75) is 23.9 Å². The number of pyridine rings is 1. The number of allylic oxidation sites excluding steroid dienone is 1. The summed E-state index contributed by atoms with van der Waals surface area (Å²) >= 11 is 1.36. The SMILES string of the molecule is C=CCNC(=O)[C@H](C)Sc1nnc(-c2ccncc2)n1CC=C. The van der Waals surface area contributed by atoms with Crippen molar-refractivity contribution in [3.05, 3.63) is 49.8 Å². The van der Waals surface area contributed by atoms with E-state index in [0.717, 1.165) is 11.4 Å². The van der Waals surface area contributed by atoms with Gasteiger partial charge in [-0.1, -0.05) is 23.9 Å². The van der Waals surface area contributed by atoms with E-state index in [9.17, 15) is 4.79 Å². The number of carbonyl (C=O) groups excluding carboxylic acids is 1. The number of carbonyl (C=O) groups is 1. The minimum atomic E-state index is -0.284. The van der Waals surface area contributed by atoms with Crippen LogP contribution in [0.4, 0.5) is 0 Å². The van der Waals surface area contributed by atoms with Gasteiger partial charge in [-0.05, 0) is 19.1 Å². The van der Waals surface area contributed by atoms with Gasteiger partial charge in [0.05, 0.1) is 5.25 Å². The number of hydrogen-bond acceptors (Lipinski definition) is 5. The molecule has 0 radical (unpaired) electrons. The molecule has 0 aliphatic carbocycles. The molecule has 1 amide bonds. The molecular weight excluding hydrogens is 310 g/mol. The van der Waals surface area contributed by atoms with E-state index < -0.39 is 0 Å². The van der Waals surface area contributed by atoms with Crippen LogP contribution in [0.5, 0.6) is 0 Å². The Kier molecular flexibility index (Phi) is 6.10. The van der Waals surface area contributed by atoms with E-state index in [1.807, 2.05) is 23.6 Å². The van der Waals surface area contributed by atoms with Crippen molar-refractivity contribution in [1.82, 2.24) is 25.1 Å². The maximum Gasteiger partial charge on any atom is 0.233 e. The van der Waals surface area contributed by atoms with Crippen LogP contribution in [0.2, 0.25) is 0 Å². The van der Waals surface area contributed by atoms with Gasteiger partial charge in [0, 0.05) is 31.0 Å². The van der Waals surface area contributed by atoms with E-state index in [1.54, 1.807) is 24.5 Å². The molecule has 7 heteroatoms. The molecule has 0 aliphatic rings. The maximum absolute atomic E-state index is 12.0. The van der Waals surface area contributed by atoms with Crippen LogP contribution in [-0.4, -0.2) is 37.5 Å². The molecule has 2 rings (SSSR count). The third-order valence-corrected chi connectivity index (χ3v) is 4.12. The number of nitrogens with one attached hydrogen (secondary N) is 1. The molecular formula is C16H19N5OS. The summed E-state index contributed by atoms with van der Waals surface area (Å²) < 4.78 is 1.93. The van der Waals surface area contributed by atoms with Crippen molar-refractivity contribution < 1.29 is 4.79 Å². The van der Waals surface area contributed by atoms with Crippen LogP contribution in [0.25, 0.3) is 11.4 Å². The van der Waals surface area contributed by atoms with Gasteiger partial charge in [0.1, 0.15) is 0 Å². The number of thioether (sulfide) groups is 1. The normalized spacial score (nSPS) is 11.7. The maximum atomic E-state index is 12.0. The van der Waals surface area contributed by atoms with E-state index in [1.165, 1.54) is 11.8 Å². The van der Waals surface area contributed by atoms with Crippen LogP contribution in [0.15, 0.2) is 55.0 Å². The molecule has 23 heavy (non-hydrogen) atoms. The first-order valence-corrected chi connectivity index (χ1v) is 8.05. The summed E-state index contributed by atoms with van der Waals surface area (Å²) in [7, 11) is 0. The van der Waals surface area contributed by atoms with Crippen LogP contribution in [0, 0.1) is 0 Å². The smallest absolute Gasteiger partial charge is 0.233 e. The minimum Gasteiger partial charge on any atom is -0.352 e. The van der Waals surface area contributed by atoms with Gasteiger partial charge in [-0.25, -0.2) is 0 Å². The lowest BCUT2D eigenvalue weighted by atomic mass is 10.2. The van der Waals surface area contributed by atoms with Crippen molar-refractivity contribution >= 4 is 17.7 Å². The molecule has 0 saturated carbocycles. The van der Waals surface area contributed by atoms with Crippen LogP contribution in [-0.2, 0) is 11.3 Å². The van der Waals surface area contributed by atoms with Crippen LogP contribution in [0.1, 0.15) is 6.92 Å². The van der Waals surface area contributed by atoms with Crippen molar-refractivity contribution in [1.29, 1.82) is 0 Å². The second-order valence-electron chi connectivity index (χ2n) is 4.74. The molecule has 0 saturated heterocycles. The molecule has 0 fully saturated rings. The average Bonchev–Trinajstić information content (AvgIpc) is 2.96. The molecule has 0 aliphatic heterocycles. The number of amides is 1. The zero-order chi connectivity index (χ0) is 16.7. The second kappa shape index (κ2) is 8.28. The highest BCUT2D eigenvalue weighted by molar-refractivity contribution is 8.00. The van der Waals surface area contributed by atoms with Gasteiger partial charge in [0.25, 0.3) is 0 Å². The Bertz CT molecular complexity index is 683. The first-order valence-electron chi connectivity index (χ1n) is 7.17. The van der Waals surface area contributed by atoms with Crippen LogP contribution in [0.3, 0.4) is 0 Å². The molecule has 2 aromatic heterocycles. The summed E-state index contributed by atoms with van der Waals surface area (Å²) in [6, 6.07) is 3.75. The molecule has 120 valence electrons. The minimum absolute atomic E-state index is 0.0616.